The van der Waals surface area contributed by atoms with E-state index in [4.69, 9.17) is 17.3 Å². The molecule has 2 aromatic rings. The molecule has 0 amide bonds. The summed E-state index contributed by atoms with van der Waals surface area (Å²) in [7, 11) is -3.79. The Morgan fingerprint density at radius 1 is 1.24 bits per heavy atom. The van der Waals surface area contributed by atoms with Gasteiger partial charge in [0.25, 0.3) is 10.0 Å². The molecule has 5 nitrogen and oxygen atoms in total. The number of benzene rings is 1. The predicted octanol–water partition coefficient (Wildman–Crippen LogP) is 3.04. The van der Waals surface area contributed by atoms with Crippen LogP contribution in [0.4, 0.5) is 11.4 Å². The third-order valence-corrected chi connectivity index (χ3v) is 5.23. The van der Waals surface area contributed by atoms with Gasteiger partial charge in [-0.05, 0) is 43.5 Å². The van der Waals surface area contributed by atoms with E-state index >= 15 is 0 Å². The molecular weight excluding hydrogens is 310 g/mol. The molecule has 0 aliphatic rings. The van der Waals surface area contributed by atoms with E-state index in [1.165, 1.54) is 18.5 Å². The van der Waals surface area contributed by atoms with Gasteiger partial charge in [0, 0.05) is 11.9 Å². The summed E-state index contributed by atoms with van der Waals surface area (Å²) in [6.45, 7) is 5.27. The third-order valence-electron chi connectivity index (χ3n) is 3.24. The minimum Gasteiger partial charge on any atom is -0.398 e. The normalized spacial score (nSPS) is 11.4. The van der Waals surface area contributed by atoms with Crippen LogP contribution in [0.1, 0.15) is 16.7 Å². The number of sulfonamides is 1. The van der Waals surface area contributed by atoms with E-state index in [-0.39, 0.29) is 15.6 Å². The molecule has 0 fully saturated rings. The van der Waals surface area contributed by atoms with Crippen LogP contribution in [0.25, 0.3) is 0 Å². The Balaban J connectivity index is 2.56. The second-order valence-electron chi connectivity index (χ2n) is 4.84. The van der Waals surface area contributed by atoms with Crippen molar-refractivity contribution in [2.24, 2.45) is 0 Å². The molecule has 0 aliphatic heterocycles. The Bertz CT molecular complexity index is 804. The van der Waals surface area contributed by atoms with Crippen LogP contribution in [0.3, 0.4) is 0 Å². The Hall–Kier alpha value is -1.79. The molecule has 0 saturated carbocycles. The van der Waals surface area contributed by atoms with E-state index in [1.807, 2.05) is 6.92 Å². The standard InChI is InChI=1S/C14H16ClN3O2S/c1-8-6-9(2)14(10(3)13(8)16)21(19,20)18-12-7-17-5-4-11(12)15/h4-7,18H,16H2,1-3H3. The highest BCUT2D eigenvalue weighted by atomic mass is 35.5. The summed E-state index contributed by atoms with van der Waals surface area (Å²) in [5.41, 5.74) is 8.65. The number of pyridine rings is 1. The lowest BCUT2D eigenvalue weighted by Gasteiger charge is -2.16. The SMILES string of the molecule is Cc1cc(C)c(S(=O)(=O)Nc2cnccc2Cl)c(C)c1N. The second-order valence-corrected chi connectivity index (χ2v) is 6.87. The topological polar surface area (TPSA) is 85.1 Å². The first-order chi connectivity index (χ1) is 9.74. The molecule has 0 spiro atoms. The lowest BCUT2D eigenvalue weighted by atomic mass is 10.1. The summed E-state index contributed by atoms with van der Waals surface area (Å²) in [5.74, 6) is 0. The minimum absolute atomic E-state index is 0.172. The summed E-state index contributed by atoms with van der Waals surface area (Å²) in [6.07, 6.45) is 2.85. The molecule has 1 heterocycles. The summed E-state index contributed by atoms with van der Waals surface area (Å²) in [6, 6.07) is 3.27. The maximum absolute atomic E-state index is 12.6. The van der Waals surface area contributed by atoms with Crippen molar-refractivity contribution in [2.45, 2.75) is 25.7 Å². The van der Waals surface area contributed by atoms with Crippen LogP contribution in [0.5, 0.6) is 0 Å². The summed E-state index contributed by atoms with van der Waals surface area (Å²) in [4.78, 5) is 4.04. The first-order valence-electron chi connectivity index (χ1n) is 6.22. The van der Waals surface area contributed by atoms with E-state index < -0.39 is 10.0 Å². The van der Waals surface area contributed by atoms with Crippen molar-refractivity contribution >= 4 is 33.0 Å². The molecule has 0 saturated heterocycles. The highest BCUT2D eigenvalue weighted by molar-refractivity contribution is 7.92. The molecule has 0 unspecified atom stereocenters. The number of aromatic nitrogens is 1. The lowest BCUT2D eigenvalue weighted by Crippen LogP contribution is -2.17. The van der Waals surface area contributed by atoms with E-state index in [9.17, 15) is 8.42 Å². The number of hydrogen-bond donors (Lipinski definition) is 2. The average molecular weight is 326 g/mol. The lowest BCUT2D eigenvalue weighted by molar-refractivity contribution is 0.600. The maximum atomic E-state index is 12.6. The van der Waals surface area contributed by atoms with Crippen LogP contribution < -0.4 is 10.5 Å². The zero-order valence-electron chi connectivity index (χ0n) is 11.9. The maximum Gasteiger partial charge on any atom is 0.262 e. The molecule has 0 bridgehead atoms. The van der Waals surface area contributed by atoms with Crippen molar-refractivity contribution in [1.82, 2.24) is 4.98 Å². The molecule has 2 rings (SSSR count). The fourth-order valence-electron chi connectivity index (χ4n) is 2.24. The number of nitrogens with two attached hydrogens (primary N) is 1. The number of aryl methyl sites for hydroxylation is 2. The molecule has 21 heavy (non-hydrogen) atoms. The van der Waals surface area contributed by atoms with Crippen molar-refractivity contribution < 1.29 is 8.42 Å². The van der Waals surface area contributed by atoms with E-state index in [1.54, 1.807) is 19.9 Å². The van der Waals surface area contributed by atoms with Gasteiger partial charge in [-0.2, -0.15) is 0 Å². The molecule has 112 valence electrons. The molecule has 7 heteroatoms. The molecule has 0 radical (unpaired) electrons. The van der Waals surface area contributed by atoms with Crippen molar-refractivity contribution in [3.8, 4) is 0 Å². The number of nitrogens with one attached hydrogen (secondary N) is 1. The number of nitrogen functional groups attached to an aromatic ring is 1. The summed E-state index contributed by atoms with van der Waals surface area (Å²) < 4.78 is 27.7. The van der Waals surface area contributed by atoms with Gasteiger partial charge in [-0.1, -0.05) is 17.7 Å². The average Bonchev–Trinajstić information content (AvgIpc) is 2.38. The molecular formula is C14H16ClN3O2S. The van der Waals surface area contributed by atoms with Gasteiger partial charge in [0.1, 0.15) is 0 Å². The van der Waals surface area contributed by atoms with Crippen molar-refractivity contribution in [1.29, 1.82) is 0 Å². The van der Waals surface area contributed by atoms with Gasteiger partial charge in [-0.3, -0.25) is 9.71 Å². The largest absolute Gasteiger partial charge is 0.398 e. The van der Waals surface area contributed by atoms with E-state index in [0.29, 0.717) is 16.8 Å². The second kappa shape index (κ2) is 5.54. The first-order valence-corrected chi connectivity index (χ1v) is 8.08. The van der Waals surface area contributed by atoms with Crippen LogP contribution in [0.15, 0.2) is 29.4 Å². The van der Waals surface area contributed by atoms with Crippen LogP contribution in [0, 0.1) is 20.8 Å². The van der Waals surface area contributed by atoms with Crippen molar-refractivity contribution in [2.75, 3.05) is 10.5 Å². The van der Waals surface area contributed by atoms with Gasteiger partial charge < -0.3 is 5.73 Å². The molecule has 0 atom stereocenters. The van der Waals surface area contributed by atoms with Gasteiger partial charge in [-0.25, -0.2) is 8.42 Å². The highest BCUT2D eigenvalue weighted by Crippen LogP contribution is 2.30. The summed E-state index contributed by atoms with van der Waals surface area (Å²) >= 11 is 5.96. The summed E-state index contributed by atoms with van der Waals surface area (Å²) in [5, 5.41) is 0.281. The Morgan fingerprint density at radius 2 is 1.90 bits per heavy atom. The Morgan fingerprint density at radius 3 is 2.52 bits per heavy atom. The Kier molecular flexibility index (Phi) is 4.11. The zero-order valence-corrected chi connectivity index (χ0v) is 13.5. The Labute approximate surface area is 129 Å². The van der Waals surface area contributed by atoms with Gasteiger partial charge >= 0.3 is 0 Å². The molecule has 3 N–H and O–H groups in total. The highest BCUT2D eigenvalue weighted by Gasteiger charge is 2.23. The quantitative estimate of drug-likeness (QED) is 0.849. The van der Waals surface area contributed by atoms with Crippen molar-refractivity contribution in [3.05, 3.63) is 46.2 Å². The molecule has 0 aliphatic carbocycles. The van der Waals surface area contributed by atoms with Crippen LogP contribution in [0.2, 0.25) is 5.02 Å². The van der Waals surface area contributed by atoms with Gasteiger partial charge in [0.2, 0.25) is 0 Å². The monoisotopic (exact) mass is 325 g/mol. The third kappa shape index (κ3) is 2.96. The van der Waals surface area contributed by atoms with Gasteiger partial charge in [0.15, 0.2) is 0 Å². The fraction of sp³-hybridized carbons (Fsp3) is 0.214. The number of halogens is 1. The van der Waals surface area contributed by atoms with Crippen LogP contribution in [-0.4, -0.2) is 13.4 Å². The smallest absolute Gasteiger partial charge is 0.262 e. The fourth-order valence-corrected chi connectivity index (χ4v) is 4.00. The minimum atomic E-state index is -3.79. The number of nitrogens with zero attached hydrogens (tertiary/aromatic N) is 1. The first kappa shape index (κ1) is 15.6. The predicted molar refractivity (Wildman–Crippen MR) is 85.1 cm³/mol. The zero-order chi connectivity index (χ0) is 15.8. The van der Waals surface area contributed by atoms with Crippen LogP contribution in [-0.2, 0) is 10.0 Å². The number of rotatable bonds is 3. The van der Waals surface area contributed by atoms with E-state index in [2.05, 4.69) is 9.71 Å². The van der Waals surface area contributed by atoms with Crippen molar-refractivity contribution in [3.63, 3.8) is 0 Å². The van der Waals surface area contributed by atoms with Crippen LogP contribution >= 0.6 is 11.6 Å². The van der Waals surface area contributed by atoms with Gasteiger partial charge in [-0.15, -0.1) is 0 Å². The van der Waals surface area contributed by atoms with Gasteiger partial charge in [0.05, 0.1) is 21.8 Å². The molecule has 1 aromatic carbocycles. The number of hydrogen-bond acceptors (Lipinski definition) is 4. The molecule has 1 aromatic heterocycles. The number of anilines is 2. The van der Waals surface area contributed by atoms with E-state index in [0.717, 1.165) is 5.56 Å².